The molecule has 12 nitrogen and oxygen atoms in total. The number of nitrogens with one attached hydrogen (secondary N) is 2. The molecule has 3 aromatic rings. The van der Waals surface area contributed by atoms with E-state index < -0.39 is 5.91 Å². The fourth-order valence-corrected chi connectivity index (χ4v) is 4.47. The highest BCUT2D eigenvalue weighted by Crippen LogP contribution is 2.39. The van der Waals surface area contributed by atoms with Crippen LogP contribution in [0.1, 0.15) is 48.3 Å². The number of hydrogen-bond acceptors (Lipinski definition) is 9. The Labute approximate surface area is 219 Å². The van der Waals surface area contributed by atoms with Gasteiger partial charge in [0.25, 0.3) is 5.91 Å². The van der Waals surface area contributed by atoms with Gasteiger partial charge < -0.3 is 25.8 Å². The molecule has 5 rings (SSSR count). The summed E-state index contributed by atoms with van der Waals surface area (Å²) in [6.07, 6.45) is 6.65. The first-order chi connectivity index (χ1) is 18.5. The molecular formula is C26H28N8O4. The van der Waals surface area contributed by atoms with Gasteiger partial charge >= 0.3 is 0 Å². The van der Waals surface area contributed by atoms with E-state index >= 15 is 0 Å². The molecule has 196 valence electrons. The maximum Gasteiger partial charge on any atom is 0.271 e. The number of para-hydroxylation sites is 1. The molecule has 1 saturated heterocycles. The van der Waals surface area contributed by atoms with Gasteiger partial charge in [-0.25, -0.2) is 0 Å². The van der Waals surface area contributed by atoms with Crippen LogP contribution in [0.2, 0.25) is 0 Å². The number of primary amides is 1. The highest BCUT2D eigenvalue weighted by Gasteiger charge is 2.30. The fourth-order valence-electron chi connectivity index (χ4n) is 4.47. The Bertz CT molecular complexity index is 1400. The van der Waals surface area contributed by atoms with Crippen molar-refractivity contribution in [2.24, 2.45) is 11.7 Å². The van der Waals surface area contributed by atoms with E-state index in [0.29, 0.717) is 29.1 Å². The van der Waals surface area contributed by atoms with Crippen LogP contribution in [0.5, 0.6) is 5.75 Å². The lowest BCUT2D eigenvalue weighted by atomic mass is 10.0. The van der Waals surface area contributed by atoms with E-state index in [4.69, 9.17) is 15.2 Å². The van der Waals surface area contributed by atoms with Crippen LogP contribution >= 0.6 is 0 Å². The number of nitriles is 1. The molecule has 1 aromatic carbocycles. The Kier molecular flexibility index (Phi) is 7.19. The van der Waals surface area contributed by atoms with Gasteiger partial charge in [0, 0.05) is 35.9 Å². The van der Waals surface area contributed by atoms with E-state index in [9.17, 15) is 14.9 Å². The van der Waals surface area contributed by atoms with Crippen LogP contribution in [0.15, 0.2) is 30.5 Å². The van der Waals surface area contributed by atoms with Crippen molar-refractivity contribution in [3.05, 3.63) is 41.9 Å². The molecule has 1 aliphatic carbocycles. The first-order valence-corrected chi connectivity index (χ1v) is 12.5. The molecule has 1 aliphatic heterocycles. The first kappa shape index (κ1) is 25.2. The summed E-state index contributed by atoms with van der Waals surface area (Å²) in [5.41, 5.74) is 7.66. The number of benzene rings is 1. The second-order valence-corrected chi connectivity index (χ2v) is 9.34. The molecule has 0 spiro atoms. The third-order valence-corrected chi connectivity index (χ3v) is 6.54. The Morgan fingerprint density at radius 2 is 2.05 bits per heavy atom. The van der Waals surface area contributed by atoms with Gasteiger partial charge in [-0.05, 0) is 38.2 Å². The van der Waals surface area contributed by atoms with Gasteiger partial charge in [-0.3, -0.25) is 14.3 Å². The lowest BCUT2D eigenvalue weighted by molar-refractivity contribution is -0.117. The molecule has 0 bridgehead atoms. The van der Waals surface area contributed by atoms with Gasteiger partial charge in [0.1, 0.15) is 11.8 Å². The lowest BCUT2D eigenvalue weighted by Crippen LogP contribution is -2.24. The number of nitrogens with zero attached hydrogens (tertiary/aromatic N) is 5. The Balaban J connectivity index is 1.47. The predicted molar refractivity (Wildman–Crippen MR) is 138 cm³/mol. The fraction of sp³-hybridized carbons (Fsp3) is 0.385. The number of hydrogen-bond donors (Lipinski definition) is 3. The van der Waals surface area contributed by atoms with Gasteiger partial charge in [0.15, 0.2) is 17.2 Å². The summed E-state index contributed by atoms with van der Waals surface area (Å²) in [6.45, 7) is 1.28. The van der Waals surface area contributed by atoms with Crippen LogP contribution < -0.4 is 21.1 Å². The molecule has 0 unspecified atom stereocenters. The van der Waals surface area contributed by atoms with Crippen molar-refractivity contribution in [1.29, 1.82) is 5.26 Å². The van der Waals surface area contributed by atoms with E-state index in [1.54, 1.807) is 16.8 Å². The van der Waals surface area contributed by atoms with Gasteiger partial charge in [-0.2, -0.15) is 10.4 Å². The number of rotatable bonds is 9. The highest BCUT2D eigenvalue weighted by atomic mass is 16.5. The number of nitrogens with two attached hydrogens (primary N) is 1. The first-order valence-electron chi connectivity index (χ1n) is 12.5. The number of aromatic nitrogens is 4. The standard InChI is InChI=1S/C26H28N8O4/c1-37-24-17(18-14-34(33-21(18)12-27)13-16-5-2-3-10-38-16)6-4-7-19(24)29-20-11-22(30-26(36)15-8-9-15)31-32-23(20)25(28)35/h4,6-7,11,14-16H,2-3,5,8-10,13H2,1H3,(H2,28,35)(H2,29,30,31,36)/t16-/m0/s1. The number of ether oxygens (including phenoxy) is 2. The van der Waals surface area contributed by atoms with Gasteiger partial charge in [0.05, 0.1) is 31.1 Å². The summed E-state index contributed by atoms with van der Waals surface area (Å²) < 4.78 is 13.3. The van der Waals surface area contributed by atoms with Crippen LogP contribution in [0.25, 0.3) is 11.1 Å². The largest absolute Gasteiger partial charge is 0.494 e. The molecule has 2 amide bonds. The zero-order chi connectivity index (χ0) is 26.6. The Hall–Kier alpha value is -4.50. The van der Waals surface area contributed by atoms with Crippen LogP contribution in [0, 0.1) is 17.2 Å². The average Bonchev–Trinajstić information content (AvgIpc) is 3.70. The molecule has 0 radical (unpaired) electrons. The number of carbonyl (C=O) groups excluding carboxylic acids is 2. The summed E-state index contributed by atoms with van der Waals surface area (Å²) in [5.74, 6) is -0.332. The smallest absolute Gasteiger partial charge is 0.271 e. The molecule has 1 saturated carbocycles. The molecule has 2 fully saturated rings. The highest BCUT2D eigenvalue weighted by molar-refractivity contribution is 5.99. The van der Waals surface area contributed by atoms with E-state index in [1.165, 1.54) is 13.2 Å². The Morgan fingerprint density at radius 1 is 1.21 bits per heavy atom. The third-order valence-electron chi connectivity index (χ3n) is 6.54. The van der Waals surface area contributed by atoms with Crippen LogP contribution in [-0.4, -0.2) is 51.6 Å². The second-order valence-electron chi connectivity index (χ2n) is 9.34. The normalized spacial score (nSPS) is 16.9. The van der Waals surface area contributed by atoms with Crippen molar-refractivity contribution in [3.63, 3.8) is 0 Å². The maximum atomic E-state index is 12.2. The van der Waals surface area contributed by atoms with Gasteiger partial charge in [-0.15, -0.1) is 10.2 Å². The predicted octanol–water partition coefficient (Wildman–Crippen LogP) is 2.98. The molecular weight excluding hydrogens is 488 g/mol. The molecule has 12 heteroatoms. The van der Waals surface area contributed by atoms with Crippen molar-refractivity contribution >= 4 is 29.0 Å². The van der Waals surface area contributed by atoms with E-state index in [1.807, 2.05) is 12.3 Å². The maximum absolute atomic E-state index is 12.2. The third kappa shape index (κ3) is 5.42. The topological polar surface area (TPSA) is 170 Å². The van der Waals surface area contributed by atoms with E-state index in [-0.39, 0.29) is 40.8 Å². The minimum atomic E-state index is -0.784. The summed E-state index contributed by atoms with van der Waals surface area (Å²) in [6, 6.07) is 9.04. The van der Waals surface area contributed by atoms with Crippen molar-refractivity contribution in [2.45, 2.75) is 44.8 Å². The van der Waals surface area contributed by atoms with Crippen molar-refractivity contribution in [2.75, 3.05) is 24.4 Å². The lowest BCUT2D eigenvalue weighted by Gasteiger charge is -2.22. The van der Waals surface area contributed by atoms with Crippen LogP contribution in [0.3, 0.4) is 0 Å². The van der Waals surface area contributed by atoms with Gasteiger partial charge in [0.2, 0.25) is 5.91 Å². The molecule has 1 atom stereocenters. The minimum absolute atomic E-state index is 0.0271. The zero-order valence-electron chi connectivity index (χ0n) is 20.9. The number of methoxy groups -OCH3 is 1. The molecule has 38 heavy (non-hydrogen) atoms. The monoisotopic (exact) mass is 516 g/mol. The number of anilines is 3. The Morgan fingerprint density at radius 3 is 2.74 bits per heavy atom. The number of amides is 2. The van der Waals surface area contributed by atoms with Crippen molar-refractivity contribution in [1.82, 2.24) is 20.0 Å². The average molecular weight is 517 g/mol. The summed E-state index contributed by atoms with van der Waals surface area (Å²) in [4.78, 5) is 24.3. The minimum Gasteiger partial charge on any atom is -0.494 e. The molecule has 2 aliphatic rings. The summed E-state index contributed by atoms with van der Waals surface area (Å²) in [5, 5.41) is 28.0. The van der Waals surface area contributed by atoms with Crippen molar-refractivity contribution < 1.29 is 19.1 Å². The molecule has 3 heterocycles. The molecule has 4 N–H and O–H groups in total. The zero-order valence-corrected chi connectivity index (χ0v) is 20.9. The van der Waals surface area contributed by atoms with E-state index in [0.717, 1.165) is 38.7 Å². The summed E-state index contributed by atoms with van der Waals surface area (Å²) in [7, 11) is 1.51. The van der Waals surface area contributed by atoms with E-state index in [2.05, 4.69) is 32.0 Å². The van der Waals surface area contributed by atoms with Gasteiger partial charge in [-0.1, -0.05) is 12.1 Å². The molecule has 2 aromatic heterocycles. The number of carbonyl (C=O) groups is 2. The van der Waals surface area contributed by atoms with Crippen LogP contribution in [-0.2, 0) is 16.1 Å². The quantitative estimate of drug-likeness (QED) is 0.387. The summed E-state index contributed by atoms with van der Waals surface area (Å²) >= 11 is 0. The second kappa shape index (κ2) is 10.9. The SMILES string of the molecule is COc1c(Nc2cc(NC(=O)C3CC3)nnc2C(N)=O)cccc1-c1cn(C[C@@H]2CCCCO2)nc1C#N. The van der Waals surface area contributed by atoms with Crippen LogP contribution in [0.4, 0.5) is 17.2 Å². The van der Waals surface area contributed by atoms with Crippen molar-refractivity contribution in [3.8, 4) is 22.9 Å².